The molecular weight excluding hydrogens is 356 g/mol. The van der Waals surface area contributed by atoms with E-state index in [9.17, 15) is 4.79 Å². The summed E-state index contributed by atoms with van der Waals surface area (Å²) < 4.78 is 10.8. The Morgan fingerprint density at radius 2 is 2.00 bits per heavy atom. The number of methoxy groups -OCH3 is 1. The molecule has 148 valence electrons. The fraction of sp³-hybridized carbons (Fsp3) is 0.273. The van der Waals surface area contributed by atoms with Crippen LogP contribution in [-0.4, -0.2) is 32.6 Å². The van der Waals surface area contributed by atoms with Crippen molar-refractivity contribution in [3.05, 3.63) is 71.8 Å². The third-order valence-electron chi connectivity index (χ3n) is 4.17. The standard InChI is InChI=1S/C22H26N2O4/c1-6-13-28-23-17(3)18-11-12-21(16(2)14-18)27-15-19-9-7-8-10-20(19)24(4)22(25)26-5/h6-12,14H,1,13,15H2,2-5H3. The number of aryl methyl sites for hydroxylation is 1. The SMILES string of the molecule is C=CCON=C(C)c1ccc(OCc2ccccc2N(C)C(=O)OC)c(C)c1. The molecule has 2 aromatic carbocycles. The molecule has 0 atom stereocenters. The number of anilines is 1. The van der Waals surface area contributed by atoms with Gasteiger partial charge in [-0.25, -0.2) is 4.79 Å². The molecule has 0 unspecified atom stereocenters. The Balaban J connectivity index is 2.13. The lowest BCUT2D eigenvalue weighted by molar-refractivity contribution is 0.175. The lowest BCUT2D eigenvalue weighted by Crippen LogP contribution is -2.27. The molecule has 1 amide bonds. The molecule has 2 rings (SSSR count). The normalized spacial score (nSPS) is 10.9. The summed E-state index contributed by atoms with van der Waals surface area (Å²) in [5.74, 6) is 0.763. The van der Waals surface area contributed by atoms with Gasteiger partial charge < -0.3 is 14.3 Å². The van der Waals surface area contributed by atoms with Crippen LogP contribution < -0.4 is 9.64 Å². The number of oxime groups is 1. The highest BCUT2D eigenvalue weighted by atomic mass is 16.6. The zero-order valence-electron chi connectivity index (χ0n) is 16.8. The van der Waals surface area contributed by atoms with E-state index in [2.05, 4.69) is 11.7 Å². The molecule has 6 nitrogen and oxygen atoms in total. The number of carbonyl (C=O) groups is 1. The summed E-state index contributed by atoms with van der Waals surface area (Å²) >= 11 is 0. The number of rotatable bonds is 8. The predicted molar refractivity (Wildman–Crippen MR) is 111 cm³/mol. The second-order valence-electron chi connectivity index (χ2n) is 6.19. The molecule has 0 aliphatic heterocycles. The van der Waals surface area contributed by atoms with Crippen LogP contribution in [0.15, 0.2) is 60.3 Å². The van der Waals surface area contributed by atoms with Crippen LogP contribution in [0.25, 0.3) is 0 Å². The first-order chi connectivity index (χ1) is 13.5. The summed E-state index contributed by atoms with van der Waals surface area (Å²) in [6, 6.07) is 13.4. The number of ether oxygens (including phenoxy) is 2. The Morgan fingerprint density at radius 3 is 2.68 bits per heavy atom. The van der Waals surface area contributed by atoms with Crippen molar-refractivity contribution in [2.24, 2.45) is 5.16 Å². The van der Waals surface area contributed by atoms with Crippen molar-refractivity contribution in [2.45, 2.75) is 20.5 Å². The van der Waals surface area contributed by atoms with Crippen LogP contribution in [0.3, 0.4) is 0 Å². The second-order valence-corrected chi connectivity index (χ2v) is 6.19. The predicted octanol–water partition coefficient (Wildman–Crippen LogP) is 4.70. The molecule has 0 heterocycles. The van der Waals surface area contributed by atoms with Gasteiger partial charge in [0.25, 0.3) is 0 Å². The van der Waals surface area contributed by atoms with Crippen LogP contribution in [0, 0.1) is 6.92 Å². The quantitative estimate of drug-likeness (QED) is 0.287. The highest BCUT2D eigenvalue weighted by molar-refractivity contribution is 5.98. The molecule has 0 radical (unpaired) electrons. The first-order valence-corrected chi connectivity index (χ1v) is 8.88. The summed E-state index contributed by atoms with van der Waals surface area (Å²) in [4.78, 5) is 18.4. The van der Waals surface area contributed by atoms with E-state index in [0.29, 0.717) is 13.2 Å². The molecule has 0 spiro atoms. The number of para-hydroxylation sites is 1. The molecule has 0 aromatic heterocycles. The number of amides is 1. The summed E-state index contributed by atoms with van der Waals surface area (Å²) in [5.41, 5.74) is 4.34. The van der Waals surface area contributed by atoms with Crippen molar-refractivity contribution in [1.29, 1.82) is 0 Å². The van der Waals surface area contributed by atoms with Crippen LogP contribution in [-0.2, 0) is 16.2 Å². The zero-order chi connectivity index (χ0) is 20.5. The van der Waals surface area contributed by atoms with Gasteiger partial charge in [-0.2, -0.15) is 0 Å². The Bertz CT molecular complexity index is 861. The highest BCUT2D eigenvalue weighted by Gasteiger charge is 2.15. The van der Waals surface area contributed by atoms with Crippen LogP contribution in [0.1, 0.15) is 23.6 Å². The molecular formula is C22H26N2O4. The van der Waals surface area contributed by atoms with E-state index in [1.54, 1.807) is 13.1 Å². The smallest absolute Gasteiger partial charge is 0.413 e. The minimum Gasteiger partial charge on any atom is -0.489 e. The maximum Gasteiger partial charge on any atom is 0.413 e. The van der Waals surface area contributed by atoms with Crippen LogP contribution in [0.5, 0.6) is 5.75 Å². The molecule has 0 aliphatic rings. The van der Waals surface area contributed by atoms with E-state index in [4.69, 9.17) is 14.3 Å². The average molecular weight is 382 g/mol. The van der Waals surface area contributed by atoms with Gasteiger partial charge in [-0.1, -0.05) is 36.0 Å². The van der Waals surface area contributed by atoms with E-state index in [1.165, 1.54) is 12.0 Å². The lowest BCUT2D eigenvalue weighted by atomic mass is 10.1. The molecule has 0 saturated carbocycles. The number of benzene rings is 2. The lowest BCUT2D eigenvalue weighted by Gasteiger charge is -2.20. The van der Waals surface area contributed by atoms with Gasteiger partial charge in [0.1, 0.15) is 19.0 Å². The number of nitrogens with zero attached hydrogens (tertiary/aromatic N) is 2. The molecule has 0 saturated heterocycles. The topological polar surface area (TPSA) is 60.4 Å². The highest BCUT2D eigenvalue weighted by Crippen LogP contribution is 2.25. The van der Waals surface area contributed by atoms with Gasteiger partial charge in [-0.15, -0.1) is 0 Å². The van der Waals surface area contributed by atoms with Crippen molar-refractivity contribution in [3.63, 3.8) is 0 Å². The van der Waals surface area contributed by atoms with E-state index in [-0.39, 0.29) is 0 Å². The third-order valence-corrected chi connectivity index (χ3v) is 4.17. The first kappa shape index (κ1) is 21.0. The molecule has 6 heteroatoms. The van der Waals surface area contributed by atoms with Crippen molar-refractivity contribution >= 4 is 17.5 Å². The molecule has 0 N–H and O–H groups in total. The monoisotopic (exact) mass is 382 g/mol. The van der Waals surface area contributed by atoms with Crippen molar-refractivity contribution in [3.8, 4) is 5.75 Å². The van der Waals surface area contributed by atoms with E-state index >= 15 is 0 Å². The van der Waals surface area contributed by atoms with Crippen molar-refractivity contribution in [1.82, 2.24) is 0 Å². The van der Waals surface area contributed by atoms with E-state index < -0.39 is 6.09 Å². The van der Waals surface area contributed by atoms with Gasteiger partial charge in [0, 0.05) is 12.6 Å². The molecule has 0 fully saturated rings. The fourth-order valence-electron chi connectivity index (χ4n) is 2.63. The molecule has 0 bridgehead atoms. The van der Waals surface area contributed by atoms with Gasteiger partial charge >= 0.3 is 6.09 Å². The number of hydrogen-bond acceptors (Lipinski definition) is 5. The van der Waals surface area contributed by atoms with Crippen molar-refractivity contribution in [2.75, 3.05) is 25.7 Å². The summed E-state index contributed by atoms with van der Waals surface area (Å²) in [6.07, 6.45) is 1.22. The minimum absolute atomic E-state index is 0.327. The summed E-state index contributed by atoms with van der Waals surface area (Å²) in [6.45, 7) is 8.15. The van der Waals surface area contributed by atoms with Gasteiger partial charge in [0.05, 0.1) is 18.5 Å². The largest absolute Gasteiger partial charge is 0.489 e. The van der Waals surface area contributed by atoms with Gasteiger partial charge in [-0.05, 0) is 49.2 Å². The zero-order valence-corrected chi connectivity index (χ0v) is 16.8. The Hall–Kier alpha value is -3.28. The van der Waals surface area contributed by atoms with E-state index in [0.717, 1.165) is 33.8 Å². The van der Waals surface area contributed by atoms with Crippen molar-refractivity contribution < 1.29 is 19.1 Å². The average Bonchev–Trinajstić information content (AvgIpc) is 2.72. The Labute approximate surface area is 166 Å². The van der Waals surface area contributed by atoms with Crippen LogP contribution >= 0.6 is 0 Å². The summed E-state index contributed by atoms with van der Waals surface area (Å²) in [5, 5.41) is 4.06. The number of hydrogen-bond donors (Lipinski definition) is 0. The van der Waals surface area contributed by atoms with Gasteiger partial charge in [-0.3, -0.25) is 4.90 Å². The van der Waals surface area contributed by atoms with Crippen LogP contribution in [0.2, 0.25) is 0 Å². The van der Waals surface area contributed by atoms with E-state index in [1.807, 2.05) is 56.3 Å². The van der Waals surface area contributed by atoms with Gasteiger partial charge in [0.2, 0.25) is 0 Å². The molecule has 28 heavy (non-hydrogen) atoms. The maximum atomic E-state index is 11.8. The molecule has 2 aromatic rings. The Morgan fingerprint density at radius 1 is 1.25 bits per heavy atom. The number of carbonyl (C=O) groups excluding carboxylic acids is 1. The maximum absolute atomic E-state index is 11.8. The third kappa shape index (κ3) is 5.36. The Kier molecular flexibility index (Phi) is 7.63. The minimum atomic E-state index is -0.429. The van der Waals surface area contributed by atoms with Crippen LogP contribution in [0.4, 0.5) is 10.5 Å². The first-order valence-electron chi connectivity index (χ1n) is 8.88. The molecule has 0 aliphatic carbocycles. The fourth-order valence-corrected chi connectivity index (χ4v) is 2.63. The second kappa shape index (κ2) is 10.2. The summed E-state index contributed by atoms with van der Waals surface area (Å²) in [7, 11) is 3.03. The van der Waals surface area contributed by atoms with Gasteiger partial charge in [0.15, 0.2) is 0 Å².